The van der Waals surface area contributed by atoms with Crippen LogP contribution in [0.25, 0.3) is 0 Å². The summed E-state index contributed by atoms with van der Waals surface area (Å²) in [7, 11) is 1.19. The van der Waals surface area contributed by atoms with Crippen LogP contribution in [0.15, 0.2) is 0 Å². The van der Waals surface area contributed by atoms with Gasteiger partial charge in [-0.1, -0.05) is 27.7 Å². The summed E-state index contributed by atoms with van der Waals surface area (Å²) in [5.41, 5.74) is -0.731. The number of esters is 1. The molecule has 0 heterocycles. The lowest BCUT2D eigenvalue weighted by atomic mass is 9.99. The quantitative estimate of drug-likeness (QED) is 0.206. The van der Waals surface area contributed by atoms with Gasteiger partial charge >= 0.3 is 12.1 Å². The average Bonchev–Trinajstić information content (AvgIpc) is 2.78. The molecule has 0 spiro atoms. The van der Waals surface area contributed by atoms with E-state index in [0.29, 0.717) is 0 Å². The highest BCUT2D eigenvalue weighted by atomic mass is 16.6. The van der Waals surface area contributed by atoms with Gasteiger partial charge in [0.15, 0.2) is 0 Å². The van der Waals surface area contributed by atoms with Crippen LogP contribution in [-0.2, 0) is 33.4 Å². The van der Waals surface area contributed by atoms with Gasteiger partial charge in [0, 0.05) is 0 Å². The lowest BCUT2D eigenvalue weighted by Crippen LogP contribution is -2.58. The number of nitrogens with one attached hydrogen (secondary N) is 5. The van der Waals surface area contributed by atoms with Crippen molar-refractivity contribution in [3.63, 3.8) is 0 Å². The lowest BCUT2D eigenvalue weighted by Gasteiger charge is -2.27. The summed E-state index contributed by atoms with van der Waals surface area (Å²) in [6.07, 6.45) is -0.505. The highest BCUT2D eigenvalue weighted by Gasteiger charge is 2.31. The molecule has 4 atom stereocenters. The maximum Gasteiger partial charge on any atom is 0.408 e. The van der Waals surface area contributed by atoms with Crippen LogP contribution in [0.3, 0.4) is 0 Å². The van der Waals surface area contributed by atoms with Crippen LogP contribution in [0.4, 0.5) is 4.79 Å². The fourth-order valence-corrected chi connectivity index (χ4v) is 3.14. The van der Waals surface area contributed by atoms with Gasteiger partial charge < -0.3 is 36.1 Å². The molecule has 13 heteroatoms. The number of hydrogen-bond acceptors (Lipinski definition) is 8. The van der Waals surface area contributed by atoms with E-state index in [1.807, 2.05) is 13.8 Å². The van der Waals surface area contributed by atoms with Gasteiger partial charge in [-0.05, 0) is 52.9 Å². The number of hydrogen-bond donors (Lipinski definition) is 5. The Hall–Kier alpha value is -3.38. The molecule has 13 nitrogen and oxygen atoms in total. The maximum atomic E-state index is 13.1. The second-order valence-corrected chi connectivity index (χ2v) is 10.8. The van der Waals surface area contributed by atoms with Crippen molar-refractivity contribution in [2.45, 2.75) is 98.5 Å². The normalized spacial score (nSPS) is 14.4. The van der Waals surface area contributed by atoms with Crippen molar-refractivity contribution in [1.29, 1.82) is 0 Å². The van der Waals surface area contributed by atoms with Crippen molar-refractivity contribution in [3.05, 3.63) is 0 Å². The molecule has 38 heavy (non-hydrogen) atoms. The van der Waals surface area contributed by atoms with Gasteiger partial charge in [-0.25, -0.2) is 9.59 Å². The van der Waals surface area contributed by atoms with Crippen molar-refractivity contribution < 1.29 is 38.2 Å². The molecular weight excluding hydrogens is 498 g/mol. The van der Waals surface area contributed by atoms with Gasteiger partial charge in [0.1, 0.15) is 36.3 Å². The summed E-state index contributed by atoms with van der Waals surface area (Å²) in [6, 6.07) is -3.89. The summed E-state index contributed by atoms with van der Waals surface area (Å²) < 4.78 is 9.65. The van der Waals surface area contributed by atoms with Crippen LogP contribution in [0.1, 0.15) is 68.7 Å². The van der Waals surface area contributed by atoms with E-state index in [9.17, 15) is 28.8 Å². The summed E-state index contributed by atoms with van der Waals surface area (Å²) in [4.78, 5) is 74.1. The minimum atomic E-state index is -0.999. The zero-order valence-electron chi connectivity index (χ0n) is 24.1. The Morgan fingerprint density at radius 2 is 1.29 bits per heavy atom. The fraction of sp³-hybridized carbons (Fsp3) is 0.760. The number of carbonyl (C=O) groups is 6. The largest absolute Gasteiger partial charge is 0.467 e. The average molecular weight is 544 g/mol. The van der Waals surface area contributed by atoms with Gasteiger partial charge in [0.05, 0.1) is 7.11 Å². The van der Waals surface area contributed by atoms with Crippen molar-refractivity contribution in [2.24, 2.45) is 11.8 Å². The number of amides is 5. The molecule has 5 N–H and O–H groups in total. The molecule has 0 aromatic carbocycles. The van der Waals surface area contributed by atoms with Crippen molar-refractivity contribution >= 4 is 35.7 Å². The fourth-order valence-electron chi connectivity index (χ4n) is 3.14. The van der Waals surface area contributed by atoms with E-state index in [1.54, 1.807) is 34.6 Å². The first-order valence-corrected chi connectivity index (χ1v) is 12.6. The van der Waals surface area contributed by atoms with Crippen molar-refractivity contribution in [2.75, 3.05) is 13.7 Å². The minimum Gasteiger partial charge on any atom is -0.467 e. The smallest absolute Gasteiger partial charge is 0.408 e. The Bertz CT molecular complexity index is 853. The Balaban J connectivity index is 5.26. The Kier molecular flexibility index (Phi) is 14.4. The van der Waals surface area contributed by atoms with E-state index >= 15 is 0 Å². The Morgan fingerprint density at radius 3 is 1.76 bits per heavy atom. The molecule has 218 valence electrons. The molecule has 0 fully saturated rings. The standard InChI is InChI=1S/C25H45N5O8/c1-13(2)11-17(21(33)27-15(5)20(32)28-16(6)23(35)37-10)29-22(34)19(14(3)4)30-18(31)12-26-24(36)38-25(7,8)9/h13-17,19H,11-12H2,1-10H3,(H,26,36)(H,27,33)(H,28,32)(H,29,34)(H,30,31)/t15-,16-,17-,19-/m0/s1. The number of ether oxygens (including phenoxy) is 2. The predicted molar refractivity (Wildman–Crippen MR) is 140 cm³/mol. The van der Waals surface area contributed by atoms with Gasteiger partial charge in [-0.2, -0.15) is 0 Å². The highest BCUT2D eigenvalue weighted by molar-refractivity contribution is 5.95. The second-order valence-electron chi connectivity index (χ2n) is 10.8. The molecule has 0 aromatic rings. The third-order valence-corrected chi connectivity index (χ3v) is 5.06. The SMILES string of the molecule is COC(=O)[C@H](C)NC(=O)[C@H](C)NC(=O)[C@H](CC(C)C)NC(=O)[C@@H](NC(=O)CNC(=O)OC(C)(C)C)C(C)C. The maximum absolute atomic E-state index is 13.1. The molecule has 0 bridgehead atoms. The predicted octanol–water partition coefficient (Wildman–Crippen LogP) is 0.365. The summed E-state index contributed by atoms with van der Waals surface area (Å²) in [5, 5.41) is 12.5. The molecule has 5 amide bonds. The molecule has 0 unspecified atom stereocenters. The number of rotatable bonds is 13. The van der Waals surface area contributed by atoms with Crippen molar-refractivity contribution in [1.82, 2.24) is 26.6 Å². The van der Waals surface area contributed by atoms with Crippen LogP contribution >= 0.6 is 0 Å². The van der Waals surface area contributed by atoms with E-state index in [0.717, 1.165) is 0 Å². The first-order valence-electron chi connectivity index (χ1n) is 12.6. The molecule has 0 radical (unpaired) electrons. The van der Waals surface area contributed by atoms with Gasteiger partial charge in [-0.15, -0.1) is 0 Å². The van der Waals surface area contributed by atoms with E-state index < -0.39 is 72.0 Å². The lowest BCUT2D eigenvalue weighted by molar-refractivity contribution is -0.144. The molecule has 0 saturated carbocycles. The number of carbonyl (C=O) groups excluding carboxylic acids is 6. The molecule has 0 aromatic heterocycles. The molecule has 0 saturated heterocycles. The van der Waals surface area contributed by atoms with E-state index in [-0.39, 0.29) is 18.3 Å². The third kappa shape index (κ3) is 13.8. The first-order chi connectivity index (χ1) is 17.4. The van der Waals surface area contributed by atoms with E-state index in [1.165, 1.54) is 21.0 Å². The number of alkyl carbamates (subject to hydrolysis) is 1. The van der Waals surface area contributed by atoms with E-state index in [4.69, 9.17) is 4.74 Å². The highest BCUT2D eigenvalue weighted by Crippen LogP contribution is 2.09. The second kappa shape index (κ2) is 15.8. The third-order valence-electron chi connectivity index (χ3n) is 5.06. The molecular formula is C25H45N5O8. The molecule has 0 aliphatic heterocycles. The van der Waals surface area contributed by atoms with Crippen LogP contribution in [-0.4, -0.2) is 79.1 Å². The van der Waals surface area contributed by atoms with E-state index in [2.05, 4.69) is 31.3 Å². The summed E-state index contributed by atoms with van der Waals surface area (Å²) >= 11 is 0. The minimum absolute atomic E-state index is 0.0136. The Labute approximate surface area is 224 Å². The topological polar surface area (TPSA) is 181 Å². The zero-order valence-corrected chi connectivity index (χ0v) is 24.1. The molecule has 0 aliphatic rings. The van der Waals surface area contributed by atoms with Crippen molar-refractivity contribution in [3.8, 4) is 0 Å². The van der Waals surface area contributed by atoms with Crippen LogP contribution in [0.2, 0.25) is 0 Å². The van der Waals surface area contributed by atoms with Crippen LogP contribution < -0.4 is 26.6 Å². The zero-order chi connectivity index (χ0) is 29.8. The number of methoxy groups -OCH3 is 1. The first kappa shape index (κ1) is 34.6. The van der Waals surface area contributed by atoms with Crippen LogP contribution in [0.5, 0.6) is 0 Å². The molecule has 0 rings (SSSR count). The van der Waals surface area contributed by atoms with Crippen LogP contribution in [0, 0.1) is 11.8 Å². The van der Waals surface area contributed by atoms with Gasteiger partial charge in [0.2, 0.25) is 23.6 Å². The van der Waals surface area contributed by atoms with Gasteiger partial charge in [-0.3, -0.25) is 19.2 Å². The molecule has 0 aliphatic carbocycles. The summed E-state index contributed by atoms with van der Waals surface area (Å²) in [6.45, 7) is 14.7. The Morgan fingerprint density at radius 1 is 0.737 bits per heavy atom. The summed E-state index contributed by atoms with van der Waals surface area (Å²) in [5.74, 6) is -3.36. The monoisotopic (exact) mass is 543 g/mol. The van der Waals surface area contributed by atoms with Gasteiger partial charge in [0.25, 0.3) is 0 Å².